The van der Waals surface area contributed by atoms with E-state index in [1.807, 2.05) is 0 Å². The molecule has 0 aliphatic heterocycles. The van der Waals surface area contributed by atoms with Crippen molar-refractivity contribution in [3.63, 3.8) is 0 Å². The zero-order valence-electron chi connectivity index (χ0n) is 8.88. The van der Waals surface area contributed by atoms with E-state index in [1.165, 1.54) is 13.0 Å². The van der Waals surface area contributed by atoms with Crippen LogP contribution in [-0.2, 0) is 19.1 Å². The molecule has 0 aliphatic carbocycles. The molecule has 6 nitrogen and oxygen atoms in total. The van der Waals surface area contributed by atoms with Crippen LogP contribution in [-0.4, -0.2) is 34.7 Å². The first-order valence-electron chi connectivity index (χ1n) is 4.62. The number of carboxylic acid groups (broad SMARTS) is 2. The molecule has 0 rings (SSSR count). The van der Waals surface area contributed by atoms with E-state index in [9.17, 15) is 14.4 Å². The number of ether oxygens (including phenoxy) is 1. The number of carbonyl (C=O) groups is 3. The molecule has 2 unspecified atom stereocenters. The van der Waals surface area contributed by atoms with Gasteiger partial charge >= 0.3 is 17.9 Å². The smallest absolute Gasteiger partial charge is 0.309 e. The Morgan fingerprint density at radius 2 is 1.94 bits per heavy atom. The summed E-state index contributed by atoms with van der Waals surface area (Å²) in [7, 11) is 0. The van der Waals surface area contributed by atoms with Gasteiger partial charge in [0, 0.05) is 0 Å². The second kappa shape index (κ2) is 6.60. The fraction of sp³-hybridized carbons (Fsp3) is 0.500. The molecule has 0 aromatic heterocycles. The van der Waals surface area contributed by atoms with Gasteiger partial charge in [0.15, 0.2) is 0 Å². The van der Waals surface area contributed by atoms with Crippen LogP contribution in [0.1, 0.15) is 13.3 Å². The molecule has 0 heterocycles. The number of aliphatic carboxylic acids is 2. The summed E-state index contributed by atoms with van der Waals surface area (Å²) in [5, 5.41) is 17.3. The average molecular weight is 230 g/mol. The van der Waals surface area contributed by atoms with E-state index in [2.05, 4.69) is 11.3 Å². The fourth-order valence-corrected chi connectivity index (χ4v) is 1.10. The maximum Gasteiger partial charge on any atom is 0.309 e. The molecule has 90 valence electrons. The van der Waals surface area contributed by atoms with Crippen molar-refractivity contribution in [2.75, 3.05) is 6.61 Å². The lowest BCUT2D eigenvalue weighted by Crippen LogP contribution is -2.31. The van der Waals surface area contributed by atoms with Crippen LogP contribution in [0, 0.1) is 11.8 Å². The summed E-state index contributed by atoms with van der Waals surface area (Å²) >= 11 is 0. The third-order valence-electron chi connectivity index (χ3n) is 2.03. The Bertz CT molecular complexity index is 296. The Hall–Kier alpha value is -1.85. The van der Waals surface area contributed by atoms with E-state index in [1.54, 1.807) is 0 Å². The number of carbonyl (C=O) groups excluding carboxylic acids is 1. The summed E-state index contributed by atoms with van der Waals surface area (Å²) in [6, 6.07) is 0. The van der Waals surface area contributed by atoms with Crippen molar-refractivity contribution in [2.24, 2.45) is 11.8 Å². The maximum absolute atomic E-state index is 11.3. The highest BCUT2D eigenvalue weighted by molar-refractivity contribution is 5.84. The Labute approximate surface area is 92.5 Å². The highest BCUT2D eigenvalue weighted by Gasteiger charge is 2.32. The van der Waals surface area contributed by atoms with E-state index in [0.29, 0.717) is 0 Å². The summed E-state index contributed by atoms with van der Waals surface area (Å²) in [4.78, 5) is 32.5. The Kier molecular flexibility index (Phi) is 5.84. The van der Waals surface area contributed by atoms with E-state index in [4.69, 9.17) is 10.2 Å². The molecule has 0 amide bonds. The molecule has 2 N–H and O–H groups in total. The van der Waals surface area contributed by atoms with Crippen LogP contribution in [0.5, 0.6) is 0 Å². The van der Waals surface area contributed by atoms with Gasteiger partial charge in [0.1, 0.15) is 6.61 Å². The first-order valence-corrected chi connectivity index (χ1v) is 4.62. The molecule has 0 aromatic rings. The van der Waals surface area contributed by atoms with Crippen LogP contribution in [0.3, 0.4) is 0 Å². The van der Waals surface area contributed by atoms with E-state index >= 15 is 0 Å². The number of hydrogen-bond acceptors (Lipinski definition) is 4. The van der Waals surface area contributed by atoms with Crippen LogP contribution in [0.25, 0.3) is 0 Å². The lowest BCUT2D eigenvalue weighted by Gasteiger charge is -2.16. The Balaban J connectivity index is 4.53. The molecule has 6 heteroatoms. The normalized spacial score (nSPS) is 13.6. The summed E-state index contributed by atoms with van der Waals surface area (Å²) < 4.78 is 4.65. The van der Waals surface area contributed by atoms with Crippen molar-refractivity contribution in [1.82, 2.24) is 0 Å². The number of carboxylic acids is 2. The van der Waals surface area contributed by atoms with Crippen LogP contribution in [0.15, 0.2) is 12.7 Å². The van der Waals surface area contributed by atoms with Crippen molar-refractivity contribution in [1.29, 1.82) is 0 Å². The zero-order chi connectivity index (χ0) is 12.7. The van der Waals surface area contributed by atoms with E-state index in [-0.39, 0.29) is 6.61 Å². The molecule has 0 fully saturated rings. The van der Waals surface area contributed by atoms with Gasteiger partial charge in [-0.2, -0.15) is 0 Å². The molecule has 0 saturated heterocycles. The lowest BCUT2D eigenvalue weighted by molar-refractivity contribution is -0.158. The molecular formula is C10H14O6. The minimum atomic E-state index is -1.33. The van der Waals surface area contributed by atoms with Crippen LogP contribution in [0.4, 0.5) is 0 Å². The summed E-state index contributed by atoms with van der Waals surface area (Å²) in [5.74, 6) is -5.63. The van der Waals surface area contributed by atoms with E-state index in [0.717, 1.165) is 0 Å². The minimum Gasteiger partial charge on any atom is -0.481 e. The number of esters is 1. The van der Waals surface area contributed by atoms with Crippen molar-refractivity contribution in [3.05, 3.63) is 12.7 Å². The summed E-state index contributed by atoms with van der Waals surface area (Å²) in [6.45, 7) is 4.63. The molecule has 0 radical (unpaired) electrons. The monoisotopic (exact) mass is 230 g/mol. The van der Waals surface area contributed by atoms with Gasteiger partial charge in [0.2, 0.25) is 0 Å². The first kappa shape index (κ1) is 14.2. The predicted octanol–water partition coefficient (Wildman–Crippen LogP) is 0.527. The topological polar surface area (TPSA) is 101 Å². The van der Waals surface area contributed by atoms with Gasteiger partial charge < -0.3 is 14.9 Å². The first-order chi connectivity index (χ1) is 7.40. The molecule has 0 spiro atoms. The fourth-order valence-electron chi connectivity index (χ4n) is 1.10. The van der Waals surface area contributed by atoms with Gasteiger partial charge in [-0.05, 0) is 0 Å². The molecule has 0 aliphatic rings. The number of rotatable bonds is 7. The standard InChI is InChI=1S/C10H14O6/c1-3-4-16-10(15)6(2)7(9(13)14)5-8(11)12/h3,6-7H,1,4-5H2,2H3,(H,11,12)(H,13,14). The van der Waals surface area contributed by atoms with Crippen LogP contribution in [0.2, 0.25) is 0 Å². The van der Waals surface area contributed by atoms with Crippen molar-refractivity contribution < 1.29 is 29.3 Å². The highest BCUT2D eigenvalue weighted by Crippen LogP contribution is 2.17. The molecule has 0 aromatic carbocycles. The second-order valence-corrected chi connectivity index (χ2v) is 3.25. The van der Waals surface area contributed by atoms with Crippen molar-refractivity contribution in [3.8, 4) is 0 Å². The highest BCUT2D eigenvalue weighted by atomic mass is 16.5. The van der Waals surface area contributed by atoms with Crippen LogP contribution >= 0.6 is 0 Å². The summed E-state index contributed by atoms with van der Waals surface area (Å²) in [5.41, 5.74) is 0. The van der Waals surface area contributed by atoms with Gasteiger partial charge in [0.25, 0.3) is 0 Å². The second-order valence-electron chi connectivity index (χ2n) is 3.25. The molecule has 2 atom stereocenters. The molecular weight excluding hydrogens is 216 g/mol. The predicted molar refractivity (Wildman–Crippen MR) is 53.7 cm³/mol. The zero-order valence-corrected chi connectivity index (χ0v) is 8.88. The molecule has 0 bridgehead atoms. The van der Waals surface area contributed by atoms with Gasteiger partial charge in [-0.15, -0.1) is 0 Å². The SMILES string of the molecule is C=CCOC(=O)C(C)C(CC(=O)O)C(=O)O. The van der Waals surface area contributed by atoms with Gasteiger partial charge in [0.05, 0.1) is 18.3 Å². The molecule has 0 saturated carbocycles. The van der Waals surface area contributed by atoms with Gasteiger partial charge in [-0.1, -0.05) is 19.6 Å². The third-order valence-corrected chi connectivity index (χ3v) is 2.03. The van der Waals surface area contributed by atoms with Crippen molar-refractivity contribution >= 4 is 17.9 Å². The Morgan fingerprint density at radius 1 is 1.38 bits per heavy atom. The quantitative estimate of drug-likeness (QED) is 0.488. The van der Waals surface area contributed by atoms with Gasteiger partial charge in [-0.25, -0.2) is 0 Å². The number of hydrogen-bond donors (Lipinski definition) is 2. The lowest BCUT2D eigenvalue weighted by atomic mass is 9.91. The Morgan fingerprint density at radius 3 is 2.31 bits per heavy atom. The third kappa shape index (κ3) is 4.59. The summed E-state index contributed by atoms with van der Waals surface area (Å²) in [6.07, 6.45) is 0.733. The minimum absolute atomic E-state index is 0.0252. The molecule has 16 heavy (non-hydrogen) atoms. The van der Waals surface area contributed by atoms with E-state index < -0.39 is 36.2 Å². The van der Waals surface area contributed by atoms with Crippen molar-refractivity contribution in [2.45, 2.75) is 13.3 Å². The maximum atomic E-state index is 11.3. The largest absolute Gasteiger partial charge is 0.481 e. The average Bonchev–Trinajstić information content (AvgIpc) is 2.20. The van der Waals surface area contributed by atoms with Gasteiger partial charge in [-0.3, -0.25) is 14.4 Å². The van der Waals surface area contributed by atoms with Crippen LogP contribution < -0.4 is 0 Å².